The lowest BCUT2D eigenvalue weighted by Gasteiger charge is -2.31. The Morgan fingerprint density at radius 1 is 1.25 bits per heavy atom. The largest absolute Gasteiger partial charge is 0.339 e. The standard InChI is InChI=1S/C19H25N3OS/c1-14-12-15(2)22(20-14)13-16-4-6-17(7-5-16)19(23)21(3)18-8-10-24-11-9-18/h4-7,12,18H,8-11,13H2,1-3H3. The number of hydrogen-bond donors (Lipinski definition) is 0. The quantitative estimate of drug-likeness (QED) is 0.852. The van der Waals surface area contributed by atoms with Gasteiger partial charge in [0.2, 0.25) is 0 Å². The molecule has 1 amide bonds. The lowest BCUT2D eigenvalue weighted by Crippen LogP contribution is -2.39. The van der Waals surface area contributed by atoms with E-state index in [9.17, 15) is 4.79 Å². The highest BCUT2D eigenvalue weighted by atomic mass is 32.2. The molecule has 1 saturated heterocycles. The molecule has 0 radical (unpaired) electrons. The highest BCUT2D eigenvalue weighted by Crippen LogP contribution is 2.22. The van der Waals surface area contributed by atoms with Gasteiger partial charge in [0.15, 0.2) is 0 Å². The molecule has 128 valence electrons. The smallest absolute Gasteiger partial charge is 0.253 e. The van der Waals surface area contributed by atoms with E-state index in [1.54, 1.807) is 0 Å². The second kappa shape index (κ2) is 7.43. The Morgan fingerprint density at radius 2 is 1.92 bits per heavy atom. The van der Waals surface area contributed by atoms with Gasteiger partial charge in [-0.25, -0.2) is 0 Å². The lowest BCUT2D eigenvalue weighted by atomic mass is 10.1. The zero-order chi connectivity index (χ0) is 17.1. The summed E-state index contributed by atoms with van der Waals surface area (Å²) in [5, 5.41) is 4.49. The maximum atomic E-state index is 12.7. The Bertz CT molecular complexity index is 702. The van der Waals surface area contributed by atoms with Crippen LogP contribution in [0, 0.1) is 13.8 Å². The summed E-state index contributed by atoms with van der Waals surface area (Å²) in [7, 11) is 1.94. The van der Waals surface area contributed by atoms with E-state index in [4.69, 9.17) is 0 Å². The van der Waals surface area contributed by atoms with E-state index in [-0.39, 0.29) is 5.91 Å². The van der Waals surface area contributed by atoms with Crippen molar-refractivity contribution in [3.63, 3.8) is 0 Å². The zero-order valence-electron chi connectivity index (χ0n) is 14.7. The van der Waals surface area contributed by atoms with Gasteiger partial charge in [0.25, 0.3) is 5.91 Å². The number of thioether (sulfide) groups is 1. The molecular formula is C19H25N3OS. The van der Waals surface area contributed by atoms with Crippen molar-refractivity contribution in [1.82, 2.24) is 14.7 Å². The molecule has 2 heterocycles. The van der Waals surface area contributed by atoms with E-state index < -0.39 is 0 Å². The number of aryl methyl sites for hydroxylation is 2. The number of carbonyl (C=O) groups is 1. The Balaban J connectivity index is 1.67. The third kappa shape index (κ3) is 3.83. The van der Waals surface area contributed by atoms with Crippen LogP contribution in [0.15, 0.2) is 30.3 Å². The second-order valence-electron chi connectivity index (χ2n) is 6.54. The Hall–Kier alpha value is -1.75. The molecule has 0 spiro atoms. The fourth-order valence-corrected chi connectivity index (χ4v) is 4.28. The molecule has 0 aliphatic carbocycles. The van der Waals surface area contributed by atoms with Crippen LogP contribution in [0.1, 0.15) is 40.2 Å². The van der Waals surface area contributed by atoms with Crippen LogP contribution < -0.4 is 0 Å². The summed E-state index contributed by atoms with van der Waals surface area (Å²) in [5.74, 6) is 2.44. The number of carbonyl (C=O) groups excluding carboxylic acids is 1. The van der Waals surface area contributed by atoms with Crippen LogP contribution >= 0.6 is 11.8 Å². The molecule has 1 aromatic carbocycles. The summed E-state index contributed by atoms with van der Waals surface area (Å²) in [6.45, 7) is 4.81. The number of hydrogen-bond acceptors (Lipinski definition) is 3. The fraction of sp³-hybridized carbons (Fsp3) is 0.474. The Labute approximate surface area is 148 Å². The van der Waals surface area contributed by atoms with Crippen LogP contribution in [0.25, 0.3) is 0 Å². The first kappa shape index (κ1) is 17.1. The van der Waals surface area contributed by atoms with Crippen molar-refractivity contribution in [3.05, 3.63) is 52.8 Å². The average molecular weight is 343 g/mol. The first-order chi connectivity index (χ1) is 11.5. The molecular weight excluding hydrogens is 318 g/mol. The van der Waals surface area contributed by atoms with Crippen LogP contribution in [0.3, 0.4) is 0 Å². The second-order valence-corrected chi connectivity index (χ2v) is 7.77. The minimum Gasteiger partial charge on any atom is -0.339 e. The summed E-state index contributed by atoms with van der Waals surface area (Å²) < 4.78 is 2.00. The molecule has 2 aromatic rings. The van der Waals surface area contributed by atoms with Gasteiger partial charge in [-0.05, 0) is 62.0 Å². The van der Waals surface area contributed by atoms with Gasteiger partial charge in [-0.3, -0.25) is 9.48 Å². The molecule has 4 nitrogen and oxygen atoms in total. The summed E-state index contributed by atoms with van der Waals surface area (Å²) in [6, 6.07) is 10.4. The van der Waals surface area contributed by atoms with Gasteiger partial charge in [-0.2, -0.15) is 16.9 Å². The third-order valence-corrected chi connectivity index (χ3v) is 5.74. The first-order valence-electron chi connectivity index (χ1n) is 8.49. The summed E-state index contributed by atoms with van der Waals surface area (Å²) >= 11 is 1.98. The van der Waals surface area contributed by atoms with E-state index in [1.165, 1.54) is 0 Å². The van der Waals surface area contributed by atoms with Crippen molar-refractivity contribution in [2.75, 3.05) is 18.6 Å². The van der Waals surface area contributed by atoms with Crippen LogP contribution in [-0.4, -0.2) is 45.2 Å². The molecule has 0 atom stereocenters. The number of amides is 1. The van der Waals surface area contributed by atoms with E-state index >= 15 is 0 Å². The lowest BCUT2D eigenvalue weighted by molar-refractivity contribution is 0.0723. The fourth-order valence-electron chi connectivity index (χ4n) is 3.20. The van der Waals surface area contributed by atoms with E-state index in [0.29, 0.717) is 6.04 Å². The van der Waals surface area contributed by atoms with Crippen molar-refractivity contribution in [2.24, 2.45) is 0 Å². The highest BCUT2D eigenvalue weighted by Gasteiger charge is 2.23. The summed E-state index contributed by atoms with van der Waals surface area (Å²) in [5.41, 5.74) is 4.12. The predicted molar refractivity (Wildman–Crippen MR) is 99.7 cm³/mol. The predicted octanol–water partition coefficient (Wildman–Crippen LogP) is 3.52. The molecule has 24 heavy (non-hydrogen) atoms. The molecule has 0 N–H and O–H groups in total. The van der Waals surface area contributed by atoms with E-state index in [0.717, 1.165) is 53.4 Å². The van der Waals surface area contributed by atoms with Crippen molar-refractivity contribution in [1.29, 1.82) is 0 Å². The maximum absolute atomic E-state index is 12.7. The van der Waals surface area contributed by atoms with Crippen molar-refractivity contribution >= 4 is 17.7 Å². The highest BCUT2D eigenvalue weighted by molar-refractivity contribution is 7.99. The first-order valence-corrected chi connectivity index (χ1v) is 9.65. The van der Waals surface area contributed by atoms with E-state index in [2.05, 4.69) is 18.1 Å². The van der Waals surface area contributed by atoms with E-state index in [1.807, 2.05) is 59.6 Å². The summed E-state index contributed by atoms with van der Waals surface area (Å²) in [6.07, 6.45) is 2.20. The van der Waals surface area contributed by atoms with Crippen molar-refractivity contribution in [3.8, 4) is 0 Å². The molecule has 0 unspecified atom stereocenters. The minimum atomic E-state index is 0.129. The monoisotopic (exact) mass is 343 g/mol. The molecule has 5 heteroatoms. The molecule has 1 aliphatic heterocycles. The Kier molecular flexibility index (Phi) is 5.29. The molecule has 1 aromatic heterocycles. The number of nitrogens with zero attached hydrogens (tertiary/aromatic N) is 3. The maximum Gasteiger partial charge on any atom is 0.253 e. The zero-order valence-corrected chi connectivity index (χ0v) is 15.5. The van der Waals surface area contributed by atoms with Crippen molar-refractivity contribution < 1.29 is 4.79 Å². The molecule has 0 saturated carbocycles. The number of benzene rings is 1. The molecule has 1 aliphatic rings. The number of rotatable bonds is 4. The average Bonchev–Trinajstić information content (AvgIpc) is 2.92. The molecule has 3 rings (SSSR count). The molecule has 1 fully saturated rings. The van der Waals surface area contributed by atoms with Gasteiger partial charge >= 0.3 is 0 Å². The van der Waals surface area contributed by atoms with Gasteiger partial charge in [0.05, 0.1) is 12.2 Å². The number of aromatic nitrogens is 2. The van der Waals surface area contributed by atoms with Gasteiger partial charge in [0, 0.05) is 24.3 Å². The van der Waals surface area contributed by atoms with Gasteiger partial charge in [-0.1, -0.05) is 12.1 Å². The van der Waals surface area contributed by atoms with Crippen molar-refractivity contribution in [2.45, 2.75) is 39.3 Å². The van der Waals surface area contributed by atoms with Crippen LogP contribution in [-0.2, 0) is 6.54 Å². The van der Waals surface area contributed by atoms with Crippen LogP contribution in [0.5, 0.6) is 0 Å². The van der Waals surface area contributed by atoms with Crippen LogP contribution in [0.2, 0.25) is 0 Å². The minimum absolute atomic E-state index is 0.129. The molecule has 0 bridgehead atoms. The Morgan fingerprint density at radius 3 is 2.50 bits per heavy atom. The van der Waals surface area contributed by atoms with Gasteiger partial charge in [-0.15, -0.1) is 0 Å². The van der Waals surface area contributed by atoms with Gasteiger partial charge in [0.1, 0.15) is 0 Å². The van der Waals surface area contributed by atoms with Crippen LogP contribution in [0.4, 0.5) is 0 Å². The normalized spacial score (nSPS) is 15.5. The summed E-state index contributed by atoms with van der Waals surface area (Å²) in [4.78, 5) is 14.6. The third-order valence-electron chi connectivity index (χ3n) is 4.70. The van der Waals surface area contributed by atoms with Gasteiger partial charge < -0.3 is 4.90 Å². The SMILES string of the molecule is Cc1cc(C)n(Cc2ccc(C(=O)N(C)C3CCSCC3)cc2)n1. The topological polar surface area (TPSA) is 38.1 Å².